The highest BCUT2D eigenvalue weighted by Crippen LogP contribution is 2.23. The van der Waals surface area contributed by atoms with E-state index < -0.39 is 29.1 Å². The molecular formula is C16H13F2NO4. The van der Waals surface area contributed by atoms with Gasteiger partial charge in [-0.1, -0.05) is 12.1 Å². The Hall–Kier alpha value is -2.96. The summed E-state index contributed by atoms with van der Waals surface area (Å²) in [5.74, 6) is -3.44. The molecule has 0 aliphatic rings. The third-order valence-electron chi connectivity index (χ3n) is 3.06. The van der Waals surface area contributed by atoms with Crippen LogP contribution < -0.4 is 10.1 Å². The number of hydrogen-bond donors (Lipinski definition) is 1. The van der Waals surface area contributed by atoms with E-state index >= 15 is 0 Å². The Balaban J connectivity index is 2.36. The Morgan fingerprint density at radius 2 is 1.70 bits per heavy atom. The van der Waals surface area contributed by atoms with Crippen molar-refractivity contribution in [1.82, 2.24) is 0 Å². The summed E-state index contributed by atoms with van der Waals surface area (Å²) in [5, 5.41) is 2.28. The molecule has 1 N–H and O–H groups in total. The Labute approximate surface area is 130 Å². The molecule has 0 radical (unpaired) electrons. The summed E-state index contributed by atoms with van der Waals surface area (Å²) in [7, 11) is 2.46. The number of halogens is 2. The first kappa shape index (κ1) is 16.4. The van der Waals surface area contributed by atoms with Crippen molar-refractivity contribution < 1.29 is 27.8 Å². The molecule has 0 saturated carbocycles. The zero-order chi connectivity index (χ0) is 17.0. The third-order valence-corrected chi connectivity index (χ3v) is 3.06. The highest BCUT2D eigenvalue weighted by atomic mass is 19.1. The number of anilines is 1. The number of nitrogens with one attached hydrogen (secondary N) is 1. The van der Waals surface area contributed by atoms with Crippen LogP contribution in [0.3, 0.4) is 0 Å². The van der Waals surface area contributed by atoms with E-state index in [0.717, 1.165) is 13.2 Å². The monoisotopic (exact) mass is 321 g/mol. The summed E-state index contributed by atoms with van der Waals surface area (Å²) < 4.78 is 36.8. The van der Waals surface area contributed by atoms with Crippen molar-refractivity contribution in [2.24, 2.45) is 0 Å². The molecule has 0 saturated heterocycles. The quantitative estimate of drug-likeness (QED) is 0.879. The van der Waals surface area contributed by atoms with Crippen LogP contribution in [0.2, 0.25) is 0 Å². The fourth-order valence-corrected chi connectivity index (χ4v) is 1.93. The van der Waals surface area contributed by atoms with E-state index in [1.54, 1.807) is 18.2 Å². The molecule has 0 aliphatic carbocycles. The lowest BCUT2D eigenvalue weighted by Gasteiger charge is -2.11. The summed E-state index contributed by atoms with van der Waals surface area (Å²) in [6, 6.07) is 7.71. The predicted molar refractivity (Wildman–Crippen MR) is 78.6 cm³/mol. The van der Waals surface area contributed by atoms with Crippen LogP contribution in [-0.2, 0) is 4.74 Å². The second-order valence-corrected chi connectivity index (χ2v) is 4.46. The molecule has 0 fully saturated rings. The summed E-state index contributed by atoms with van der Waals surface area (Å²) in [6.45, 7) is 0. The maximum absolute atomic E-state index is 13.8. The van der Waals surface area contributed by atoms with Gasteiger partial charge >= 0.3 is 5.97 Å². The molecule has 2 aromatic carbocycles. The summed E-state index contributed by atoms with van der Waals surface area (Å²) in [6.07, 6.45) is 0. The zero-order valence-corrected chi connectivity index (χ0v) is 12.4. The van der Waals surface area contributed by atoms with Crippen LogP contribution in [-0.4, -0.2) is 26.1 Å². The van der Waals surface area contributed by atoms with Gasteiger partial charge < -0.3 is 14.8 Å². The molecule has 0 aromatic heterocycles. The lowest BCUT2D eigenvalue weighted by molar-refractivity contribution is 0.0595. The lowest BCUT2D eigenvalue weighted by atomic mass is 10.1. The van der Waals surface area contributed by atoms with Crippen LogP contribution in [0, 0.1) is 11.6 Å². The number of carbonyl (C=O) groups excluding carboxylic acids is 2. The Kier molecular flexibility index (Phi) is 4.90. The topological polar surface area (TPSA) is 64.6 Å². The van der Waals surface area contributed by atoms with Gasteiger partial charge in [-0.2, -0.15) is 0 Å². The predicted octanol–water partition coefficient (Wildman–Crippen LogP) is 3.01. The molecule has 120 valence electrons. The zero-order valence-electron chi connectivity index (χ0n) is 12.4. The first-order valence-electron chi connectivity index (χ1n) is 6.49. The number of esters is 1. The Morgan fingerprint density at radius 3 is 2.35 bits per heavy atom. The molecule has 23 heavy (non-hydrogen) atoms. The number of carbonyl (C=O) groups is 2. The van der Waals surface area contributed by atoms with Gasteiger partial charge in [0.25, 0.3) is 5.91 Å². The van der Waals surface area contributed by atoms with Gasteiger partial charge in [0, 0.05) is 6.07 Å². The number of hydrogen-bond acceptors (Lipinski definition) is 4. The fraction of sp³-hybridized carbons (Fsp3) is 0.125. The van der Waals surface area contributed by atoms with Gasteiger partial charge in [0.2, 0.25) is 0 Å². The van der Waals surface area contributed by atoms with Crippen LogP contribution in [0.25, 0.3) is 0 Å². The van der Waals surface area contributed by atoms with Crippen molar-refractivity contribution >= 4 is 17.6 Å². The third kappa shape index (κ3) is 3.45. The maximum Gasteiger partial charge on any atom is 0.340 e. The average Bonchev–Trinajstić information content (AvgIpc) is 2.56. The van der Waals surface area contributed by atoms with Crippen LogP contribution in [0.1, 0.15) is 20.7 Å². The van der Waals surface area contributed by atoms with Crippen molar-refractivity contribution in [3.8, 4) is 5.75 Å². The summed E-state index contributed by atoms with van der Waals surface area (Å²) >= 11 is 0. The van der Waals surface area contributed by atoms with Crippen LogP contribution in [0.15, 0.2) is 36.4 Å². The van der Waals surface area contributed by atoms with Crippen molar-refractivity contribution in [2.75, 3.05) is 19.5 Å². The van der Waals surface area contributed by atoms with E-state index in [2.05, 4.69) is 10.1 Å². The number of ether oxygens (including phenoxy) is 2. The summed E-state index contributed by atoms with van der Waals surface area (Å²) in [4.78, 5) is 23.7. The largest absolute Gasteiger partial charge is 0.496 e. The standard InChI is InChI=1S/C16H13F2NO4/c1-22-14-6-4-3-5-9(14)15(20)19-13-7-10(16(21)23-2)11(17)8-12(13)18/h3-8H,1-2H3,(H,19,20). The molecule has 1 amide bonds. The Bertz CT molecular complexity index is 762. The molecule has 2 rings (SSSR count). The molecular weight excluding hydrogens is 308 g/mol. The lowest BCUT2D eigenvalue weighted by Crippen LogP contribution is -2.15. The molecule has 0 spiro atoms. The summed E-state index contributed by atoms with van der Waals surface area (Å²) in [5.41, 5.74) is -0.662. The van der Waals surface area contributed by atoms with Crippen LogP contribution >= 0.6 is 0 Å². The molecule has 0 unspecified atom stereocenters. The molecule has 2 aromatic rings. The van der Waals surface area contributed by atoms with Gasteiger partial charge in [0.15, 0.2) is 0 Å². The van der Waals surface area contributed by atoms with Crippen molar-refractivity contribution in [2.45, 2.75) is 0 Å². The van der Waals surface area contributed by atoms with E-state index in [0.29, 0.717) is 11.8 Å². The van der Waals surface area contributed by atoms with Gasteiger partial charge in [0.05, 0.1) is 31.0 Å². The van der Waals surface area contributed by atoms with Crippen molar-refractivity contribution in [3.05, 3.63) is 59.2 Å². The fourth-order valence-electron chi connectivity index (χ4n) is 1.93. The van der Waals surface area contributed by atoms with Crippen molar-refractivity contribution in [3.63, 3.8) is 0 Å². The van der Waals surface area contributed by atoms with Gasteiger partial charge in [-0.25, -0.2) is 13.6 Å². The van der Waals surface area contributed by atoms with E-state index in [9.17, 15) is 18.4 Å². The number of rotatable bonds is 4. The second kappa shape index (κ2) is 6.87. The minimum atomic E-state index is -1.08. The highest BCUT2D eigenvalue weighted by molar-refractivity contribution is 6.06. The maximum atomic E-state index is 13.8. The number of amides is 1. The molecule has 0 bridgehead atoms. The molecule has 0 aliphatic heterocycles. The second-order valence-electron chi connectivity index (χ2n) is 4.46. The minimum absolute atomic E-state index is 0.165. The van der Waals surface area contributed by atoms with Crippen molar-refractivity contribution in [1.29, 1.82) is 0 Å². The van der Waals surface area contributed by atoms with E-state index in [1.807, 2.05) is 0 Å². The van der Waals surface area contributed by atoms with Gasteiger partial charge in [-0.05, 0) is 18.2 Å². The smallest absolute Gasteiger partial charge is 0.340 e. The number of methoxy groups -OCH3 is 2. The number of benzene rings is 2. The first-order valence-corrected chi connectivity index (χ1v) is 6.49. The Morgan fingerprint density at radius 1 is 1.00 bits per heavy atom. The average molecular weight is 321 g/mol. The first-order chi connectivity index (χ1) is 11.0. The van der Waals surface area contributed by atoms with Crippen LogP contribution in [0.4, 0.5) is 14.5 Å². The van der Waals surface area contributed by atoms with E-state index in [1.165, 1.54) is 13.2 Å². The van der Waals surface area contributed by atoms with Crippen LogP contribution in [0.5, 0.6) is 5.75 Å². The molecule has 7 heteroatoms. The molecule has 0 atom stereocenters. The SMILES string of the molecule is COC(=O)c1cc(NC(=O)c2ccccc2OC)c(F)cc1F. The van der Waals surface area contributed by atoms with Gasteiger partial charge in [-0.15, -0.1) is 0 Å². The normalized spacial score (nSPS) is 10.1. The minimum Gasteiger partial charge on any atom is -0.496 e. The van der Waals surface area contributed by atoms with Gasteiger partial charge in [0.1, 0.15) is 17.4 Å². The van der Waals surface area contributed by atoms with Gasteiger partial charge in [-0.3, -0.25) is 4.79 Å². The molecule has 5 nitrogen and oxygen atoms in total. The van der Waals surface area contributed by atoms with E-state index in [4.69, 9.17) is 4.74 Å². The van der Waals surface area contributed by atoms with E-state index in [-0.39, 0.29) is 11.3 Å². The number of para-hydroxylation sites is 1. The highest BCUT2D eigenvalue weighted by Gasteiger charge is 2.19. The molecule has 0 heterocycles.